The molecule has 6 heteroatoms. The van der Waals surface area contributed by atoms with Gasteiger partial charge in [0.05, 0.1) is 12.1 Å². The van der Waals surface area contributed by atoms with Crippen LogP contribution in [0.2, 0.25) is 0 Å². The second kappa shape index (κ2) is 7.94. The maximum atomic E-state index is 13.3. The zero-order valence-corrected chi connectivity index (χ0v) is 20.6. The molecule has 3 aromatic rings. The molecule has 1 aliphatic heterocycles. The van der Waals surface area contributed by atoms with Crippen molar-refractivity contribution in [2.24, 2.45) is 5.41 Å². The maximum absolute atomic E-state index is 13.3. The normalized spacial score (nSPS) is 17.9. The molecule has 5 nitrogen and oxygen atoms in total. The first-order valence-electron chi connectivity index (χ1n) is 11.6. The van der Waals surface area contributed by atoms with Crippen LogP contribution in [-0.4, -0.2) is 41.8 Å². The Kier molecular flexibility index (Phi) is 5.31. The van der Waals surface area contributed by atoms with Crippen LogP contribution in [0.3, 0.4) is 0 Å². The van der Waals surface area contributed by atoms with E-state index in [-0.39, 0.29) is 22.5 Å². The Morgan fingerprint density at radius 1 is 1.06 bits per heavy atom. The molecular weight excluding hydrogens is 432 g/mol. The number of carbonyl (C=O) groups is 2. The lowest BCUT2D eigenvalue weighted by Crippen LogP contribution is -2.46. The molecule has 33 heavy (non-hydrogen) atoms. The van der Waals surface area contributed by atoms with E-state index in [1.54, 1.807) is 18.4 Å². The molecule has 0 atom stereocenters. The van der Waals surface area contributed by atoms with Crippen LogP contribution in [0.25, 0.3) is 10.8 Å². The Morgan fingerprint density at radius 3 is 2.48 bits per heavy atom. The quantitative estimate of drug-likeness (QED) is 0.493. The van der Waals surface area contributed by atoms with Crippen molar-refractivity contribution < 1.29 is 14.3 Å². The molecule has 1 aliphatic carbocycles. The first kappa shape index (κ1) is 22.1. The van der Waals surface area contributed by atoms with Crippen LogP contribution in [0.4, 0.5) is 0 Å². The molecule has 0 N–H and O–H groups in total. The predicted molar refractivity (Wildman–Crippen MR) is 132 cm³/mol. The highest BCUT2D eigenvalue weighted by molar-refractivity contribution is 7.12. The van der Waals surface area contributed by atoms with Crippen molar-refractivity contribution in [3.05, 3.63) is 57.5 Å². The van der Waals surface area contributed by atoms with Gasteiger partial charge in [0.2, 0.25) is 0 Å². The van der Waals surface area contributed by atoms with Crippen LogP contribution in [0.15, 0.2) is 36.4 Å². The van der Waals surface area contributed by atoms with Gasteiger partial charge >= 0.3 is 0 Å². The fourth-order valence-corrected chi connectivity index (χ4v) is 6.35. The average Bonchev–Trinajstić information content (AvgIpc) is 3.23. The van der Waals surface area contributed by atoms with Crippen molar-refractivity contribution in [1.29, 1.82) is 0 Å². The molecule has 2 heterocycles. The molecule has 1 saturated heterocycles. The van der Waals surface area contributed by atoms with Crippen LogP contribution in [0, 0.1) is 5.41 Å². The Balaban J connectivity index is 1.32. The Bertz CT molecular complexity index is 1250. The van der Waals surface area contributed by atoms with Crippen molar-refractivity contribution in [3.8, 4) is 5.75 Å². The third kappa shape index (κ3) is 4.05. The molecule has 0 saturated carbocycles. The Morgan fingerprint density at radius 2 is 1.79 bits per heavy atom. The molecule has 5 rings (SSSR count). The van der Waals surface area contributed by atoms with Gasteiger partial charge in [0.1, 0.15) is 11.4 Å². The number of nitrogens with zero attached hydrogens (tertiary/aromatic N) is 2. The Hall–Kier alpha value is -2.73. The highest BCUT2D eigenvalue weighted by atomic mass is 32.1. The van der Waals surface area contributed by atoms with Gasteiger partial charge in [-0.3, -0.25) is 9.59 Å². The van der Waals surface area contributed by atoms with E-state index in [0.29, 0.717) is 30.8 Å². The minimum Gasteiger partial charge on any atom is -0.497 e. The predicted octanol–water partition coefficient (Wildman–Crippen LogP) is 5.65. The van der Waals surface area contributed by atoms with Crippen LogP contribution in [0.5, 0.6) is 5.75 Å². The molecule has 0 unspecified atom stereocenters. The first-order valence-corrected chi connectivity index (χ1v) is 12.4. The monoisotopic (exact) mass is 462 g/mol. The summed E-state index contributed by atoms with van der Waals surface area (Å²) >= 11 is 1.70. The van der Waals surface area contributed by atoms with E-state index in [4.69, 9.17) is 9.72 Å². The van der Waals surface area contributed by atoms with E-state index >= 15 is 0 Å². The molecule has 1 amide bonds. The summed E-state index contributed by atoms with van der Waals surface area (Å²) in [6.45, 7) is 7.80. The number of hydrogen-bond acceptors (Lipinski definition) is 5. The van der Waals surface area contributed by atoms with Gasteiger partial charge in [-0.15, -0.1) is 11.3 Å². The van der Waals surface area contributed by atoms with Crippen LogP contribution in [-0.2, 0) is 11.8 Å². The number of carbonyl (C=O) groups excluding carboxylic acids is 2. The van der Waals surface area contributed by atoms with Gasteiger partial charge in [0.25, 0.3) is 5.91 Å². The average molecular weight is 463 g/mol. The largest absolute Gasteiger partial charge is 0.497 e. The topological polar surface area (TPSA) is 59.5 Å². The summed E-state index contributed by atoms with van der Waals surface area (Å²) in [7, 11) is 1.65. The summed E-state index contributed by atoms with van der Waals surface area (Å²) < 4.78 is 5.33. The van der Waals surface area contributed by atoms with Crippen LogP contribution < -0.4 is 4.74 Å². The summed E-state index contributed by atoms with van der Waals surface area (Å²) in [5, 5.41) is 3.12. The zero-order chi connectivity index (χ0) is 23.4. The second-order valence-corrected chi connectivity index (χ2v) is 11.6. The number of thiazole rings is 1. The van der Waals surface area contributed by atoms with Gasteiger partial charge in [0.15, 0.2) is 5.78 Å². The van der Waals surface area contributed by atoms with Gasteiger partial charge in [-0.2, -0.15) is 0 Å². The molecule has 0 bridgehead atoms. The molecule has 2 aromatic carbocycles. The van der Waals surface area contributed by atoms with Gasteiger partial charge < -0.3 is 9.64 Å². The number of methoxy groups -OCH3 is 1. The number of ketones is 1. The van der Waals surface area contributed by atoms with E-state index in [2.05, 4.69) is 20.8 Å². The number of fused-ring (bicyclic) bond motifs is 2. The lowest BCUT2D eigenvalue weighted by Gasteiger charge is -2.43. The molecule has 1 fully saturated rings. The number of piperidine rings is 1. The number of hydrogen-bond donors (Lipinski definition) is 0. The summed E-state index contributed by atoms with van der Waals surface area (Å²) in [6, 6.07) is 11.7. The maximum Gasteiger partial charge on any atom is 0.253 e. The number of amides is 1. The Labute approximate surface area is 198 Å². The second-order valence-electron chi connectivity index (χ2n) is 10.5. The van der Waals surface area contributed by atoms with Gasteiger partial charge in [-0.05, 0) is 59.7 Å². The summed E-state index contributed by atoms with van der Waals surface area (Å²) in [5.74, 6) is 1.02. The minimum atomic E-state index is -0.0465. The number of likely N-dealkylation sites (tertiary alicyclic amines) is 1. The van der Waals surface area contributed by atoms with Gasteiger partial charge in [0, 0.05) is 35.4 Å². The SMILES string of the molecule is COc1ccc2ccc(C(=O)N3CCC4(CC3)CC(=O)c3nc(C(C)(C)C)sc3C4)cc2c1. The van der Waals surface area contributed by atoms with E-state index in [1.807, 2.05) is 41.3 Å². The smallest absolute Gasteiger partial charge is 0.253 e. The minimum absolute atomic E-state index is 0.0424. The highest BCUT2D eigenvalue weighted by Crippen LogP contribution is 2.46. The molecule has 0 radical (unpaired) electrons. The van der Waals surface area contributed by atoms with E-state index in [9.17, 15) is 9.59 Å². The van der Waals surface area contributed by atoms with E-state index in [1.165, 1.54) is 0 Å². The van der Waals surface area contributed by atoms with Crippen LogP contribution in [0.1, 0.15) is 70.8 Å². The van der Waals surface area contributed by atoms with E-state index < -0.39 is 0 Å². The standard InChI is InChI=1S/C27H30N2O3S/c1-26(2,3)25-28-23-21(30)15-27(16-22(23)33-25)9-11-29(12-10-27)24(31)18-6-5-17-7-8-20(32-4)14-19(17)13-18/h5-8,13-14H,9-12,15-16H2,1-4H3. The van der Waals surface area contributed by atoms with Gasteiger partial charge in [-0.1, -0.05) is 32.9 Å². The molecule has 1 spiro atoms. The summed E-state index contributed by atoms with van der Waals surface area (Å²) in [4.78, 5) is 34.0. The lowest BCUT2D eigenvalue weighted by atomic mass is 9.68. The number of benzene rings is 2. The molecule has 1 aromatic heterocycles. The molecular formula is C27H30N2O3S. The fraction of sp³-hybridized carbons (Fsp3) is 0.444. The molecule has 2 aliphatic rings. The number of rotatable bonds is 2. The number of aromatic nitrogens is 1. The fourth-order valence-electron chi connectivity index (χ4n) is 5.04. The van der Waals surface area contributed by atoms with Gasteiger partial charge in [-0.25, -0.2) is 4.98 Å². The van der Waals surface area contributed by atoms with Crippen molar-refractivity contribution in [3.63, 3.8) is 0 Å². The lowest BCUT2D eigenvalue weighted by molar-refractivity contribution is 0.0522. The summed E-state index contributed by atoms with van der Waals surface area (Å²) in [5.41, 5.74) is 1.31. The van der Waals surface area contributed by atoms with Crippen molar-refractivity contribution in [1.82, 2.24) is 9.88 Å². The first-order chi connectivity index (χ1) is 15.7. The molecule has 172 valence electrons. The zero-order valence-electron chi connectivity index (χ0n) is 19.7. The third-order valence-electron chi connectivity index (χ3n) is 7.08. The van der Waals surface area contributed by atoms with Crippen molar-refractivity contribution >= 4 is 33.8 Å². The number of Topliss-reactive ketones (excluding diaryl/α,β-unsaturated/α-hetero) is 1. The van der Waals surface area contributed by atoms with Crippen molar-refractivity contribution in [2.45, 2.75) is 51.9 Å². The van der Waals surface area contributed by atoms with E-state index in [0.717, 1.165) is 45.7 Å². The summed E-state index contributed by atoms with van der Waals surface area (Å²) in [6.07, 6.45) is 3.16. The number of ether oxygens (including phenoxy) is 1. The third-order valence-corrected chi connectivity index (χ3v) is 8.56. The highest BCUT2D eigenvalue weighted by Gasteiger charge is 2.43. The van der Waals surface area contributed by atoms with Crippen molar-refractivity contribution in [2.75, 3.05) is 20.2 Å². The van der Waals surface area contributed by atoms with Crippen LogP contribution >= 0.6 is 11.3 Å².